The Morgan fingerprint density at radius 2 is 1.86 bits per heavy atom. The van der Waals surface area contributed by atoms with Crippen LogP contribution in [0, 0.1) is 0 Å². The second-order valence-electron chi connectivity index (χ2n) is 5.96. The fraction of sp³-hybridized carbons (Fsp3) is 0.143. The average Bonchev–Trinajstić information content (AvgIpc) is 2.73. The molecule has 1 amide bonds. The number of methoxy groups -OCH3 is 1. The lowest BCUT2D eigenvalue weighted by molar-refractivity contribution is -0.113. The largest absolute Gasteiger partial charge is 0.497 e. The molecule has 28 heavy (non-hydrogen) atoms. The number of anilines is 1. The number of thioether (sulfide) groups is 1. The highest BCUT2D eigenvalue weighted by molar-refractivity contribution is 7.99. The van der Waals surface area contributed by atoms with Crippen LogP contribution in [0.3, 0.4) is 0 Å². The van der Waals surface area contributed by atoms with E-state index < -0.39 is 0 Å². The van der Waals surface area contributed by atoms with E-state index in [9.17, 15) is 9.59 Å². The summed E-state index contributed by atoms with van der Waals surface area (Å²) in [7, 11) is 1.62. The van der Waals surface area contributed by atoms with Crippen molar-refractivity contribution in [2.24, 2.45) is 0 Å². The van der Waals surface area contributed by atoms with Gasteiger partial charge in [-0.25, -0.2) is 0 Å². The molecule has 3 rings (SSSR count). The van der Waals surface area contributed by atoms with Gasteiger partial charge in [-0.1, -0.05) is 36.0 Å². The molecular weight excluding hydrogens is 374 g/mol. The Labute approximate surface area is 167 Å². The Kier molecular flexibility index (Phi) is 6.39. The van der Waals surface area contributed by atoms with Gasteiger partial charge in [0, 0.05) is 16.8 Å². The predicted molar refractivity (Wildman–Crippen MR) is 110 cm³/mol. The van der Waals surface area contributed by atoms with Gasteiger partial charge in [0.2, 0.25) is 5.91 Å². The Hall–Kier alpha value is -3.19. The zero-order valence-corrected chi connectivity index (χ0v) is 16.3. The lowest BCUT2D eigenvalue weighted by Crippen LogP contribution is -2.14. The lowest BCUT2D eigenvalue weighted by atomic mass is 10.1. The molecule has 0 fully saturated rings. The van der Waals surface area contributed by atoms with Crippen LogP contribution in [0.1, 0.15) is 17.3 Å². The predicted octanol–water partition coefficient (Wildman–Crippen LogP) is 4.09. The Morgan fingerprint density at radius 3 is 2.57 bits per heavy atom. The van der Waals surface area contributed by atoms with Gasteiger partial charge in [0.25, 0.3) is 0 Å². The first-order valence-electron chi connectivity index (χ1n) is 8.57. The molecule has 0 saturated carbocycles. The number of nitrogens with zero attached hydrogens (tertiary/aromatic N) is 2. The van der Waals surface area contributed by atoms with Crippen molar-refractivity contribution in [3.05, 3.63) is 66.2 Å². The molecule has 0 aliphatic rings. The van der Waals surface area contributed by atoms with E-state index in [2.05, 4.69) is 15.5 Å². The van der Waals surface area contributed by atoms with E-state index in [0.29, 0.717) is 16.3 Å². The second-order valence-corrected chi connectivity index (χ2v) is 6.96. The normalized spacial score (nSPS) is 10.4. The number of carbonyl (C=O) groups is 2. The van der Waals surface area contributed by atoms with Crippen molar-refractivity contribution in [2.45, 2.75) is 11.9 Å². The average molecular weight is 393 g/mol. The summed E-state index contributed by atoms with van der Waals surface area (Å²) in [6.07, 6.45) is 0. The van der Waals surface area contributed by atoms with Gasteiger partial charge in [-0.3, -0.25) is 9.59 Å². The summed E-state index contributed by atoms with van der Waals surface area (Å²) < 4.78 is 5.22. The second kappa shape index (κ2) is 9.14. The van der Waals surface area contributed by atoms with Gasteiger partial charge in [0.1, 0.15) is 10.8 Å². The highest BCUT2D eigenvalue weighted by Gasteiger charge is 2.08. The molecule has 1 N–H and O–H groups in total. The highest BCUT2D eigenvalue weighted by Crippen LogP contribution is 2.23. The summed E-state index contributed by atoms with van der Waals surface area (Å²) in [5, 5.41) is 11.8. The van der Waals surface area contributed by atoms with Crippen molar-refractivity contribution in [3.8, 4) is 17.0 Å². The third kappa shape index (κ3) is 5.17. The maximum atomic E-state index is 12.1. The number of hydrogen-bond donors (Lipinski definition) is 1. The van der Waals surface area contributed by atoms with Crippen molar-refractivity contribution in [3.63, 3.8) is 0 Å². The summed E-state index contributed by atoms with van der Waals surface area (Å²) >= 11 is 1.29. The summed E-state index contributed by atoms with van der Waals surface area (Å²) in [6, 6.07) is 18.1. The molecule has 3 aromatic rings. The molecule has 7 heteroatoms. The van der Waals surface area contributed by atoms with Crippen molar-refractivity contribution < 1.29 is 14.3 Å². The van der Waals surface area contributed by atoms with Crippen LogP contribution in [-0.2, 0) is 4.79 Å². The molecule has 0 bridgehead atoms. The fourth-order valence-electron chi connectivity index (χ4n) is 2.49. The van der Waals surface area contributed by atoms with E-state index in [1.54, 1.807) is 31.4 Å². The quantitative estimate of drug-likeness (QED) is 0.481. The molecule has 6 nitrogen and oxygen atoms in total. The third-order valence-electron chi connectivity index (χ3n) is 3.91. The maximum Gasteiger partial charge on any atom is 0.234 e. The first-order chi connectivity index (χ1) is 13.5. The molecule has 0 unspecified atom stereocenters. The smallest absolute Gasteiger partial charge is 0.234 e. The standard InChI is InChI=1S/C21H19N3O3S/c1-14(25)15-5-3-7-17(11-15)22-20(26)13-28-21-10-9-19(23-24-21)16-6-4-8-18(12-16)27-2/h3-12H,13H2,1-2H3,(H,22,26). The highest BCUT2D eigenvalue weighted by atomic mass is 32.2. The number of rotatable bonds is 7. The van der Waals surface area contributed by atoms with E-state index in [0.717, 1.165) is 17.0 Å². The van der Waals surface area contributed by atoms with Crippen LogP contribution in [0.2, 0.25) is 0 Å². The fourth-order valence-corrected chi connectivity index (χ4v) is 3.10. The summed E-state index contributed by atoms with van der Waals surface area (Å²) in [5.74, 6) is 0.724. The minimum Gasteiger partial charge on any atom is -0.497 e. The van der Waals surface area contributed by atoms with Gasteiger partial charge >= 0.3 is 0 Å². The number of ketones is 1. The van der Waals surface area contributed by atoms with E-state index in [4.69, 9.17) is 4.74 Å². The van der Waals surface area contributed by atoms with Crippen LogP contribution < -0.4 is 10.1 Å². The number of nitrogens with one attached hydrogen (secondary N) is 1. The molecule has 1 aromatic heterocycles. The monoisotopic (exact) mass is 393 g/mol. The summed E-state index contributed by atoms with van der Waals surface area (Å²) in [6.45, 7) is 1.49. The molecule has 0 radical (unpaired) electrons. The van der Waals surface area contributed by atoms with Crippen molar-refractivity contribution in [1.82, 2.24) is 10.2 Å². The number of hydrogen-bond acceptors (Lipinski definition) is 6. The summed E-state index contributed by atoms with van der Waals surface area (Å²) in [4.78, 5) is 23.6. The molecule has 1 heterocycles. The molecule has 0 saturated heterocycles. The Morgan fingerprint density at radius 1 is 1.04 bits per heavy atom. The van der Waals surface area contributed by atoms with Crippen LogP contribution in [0.4, 0.5) is 5.69 Å². The van der Waals surface area contributed by atoms with Gasteiger partial charge in [-0.05, 0) is 43.3 Å². The van der Waals surface area contributed by atoms with Crippen LogP contribution in [-0.4, -0.2) is 34.8 Å². The molecule has 0 spiro atoms. The topological polar surface area (TPSA) is 81.2 Å². The lowest BCUT2D eigenvalue weighted by Gasteiger charge is -2.07. The number of benzene rings is 2. The first kappa shape index (κ1) is 19.6. The maximum absolute atomic E-state index is 12.1. The van der Waals surface area contributed by atoms with Gasteiger partial charge < -0.3 is 10.1 Å². The zero-order chi connectivity index (χ0) is 19.9. The van der Waals surface area contributed by atoms with E-state index in [1.165, 1.54) is 18.7 Å². The molecule has 2 aromatic carbocycles. The van der Waals surface area contributed by atoms with E-state index >= 15 is 0 Å². The van der Waals surface area contributed by atoms with Crippen LogP contribution >= 0.6 is 11.8 Å². The Balaban J connectivity index is 1.58. The van der Waals surface area contributed by atoms with E-state index in [-0.39, 0.29) is 17.4 Å². The number of aromatic nitrogens is 2. The molecule has 142 valence electrons. The molecule has 0 aliphatic carbocycles. The molecular formula is C21H19N3O3S. The van der Waals surface area contributed by atoms with Crippen LogP contribution in [0.25, 0.3) is 11.3 Å². The molecule has 0 atom stereocenters. The van der Waals surface area contributed by atoms with Gasteiger partial charge in [-0.15, -0.1) is 10.2 Å². The Bertz CT molecular complexity index is 990. The van der Waals surface area contributed by atoms with Crippen molar-refractivity contribution >= 4 is 29.1 Å². The summed E-state index contributed by atoms with van der Waals surface area (Å²) in [5.41, 5.74) is 2.79. The van der Waals surface area contributed by atoms with Gasteiger partial charge in [-0.2, -0.15) is 0 Å². The SMILES string of the molecule is COc1cccc(-c2ccc(SCC(=O)Nc3cccc(C(C)=O)c3)nn2)c1. The number of Topliss-reactive ketones (excluding diaryl/α,β-unsaturated/α-hetero) is 1. The first-order valence-corrected chi connectivity index (χ1v) is 9.55. The molecule has 0 aliphatic heterocycles. The minimum absolute atomic E-state index is 0.0446. The number of ether oxygens (including phenoxy) is 1. The van der Waals surface area contributed by atoms with Gasteiger partial charge in [0.05, 0.1) is 18.6 Å². The van der Waals surface area contributed by atoms with Crippen molar-refractivity contribution in [2.75, 3.05) is 18.2 Å². The van der Waals surface area contributed by atoms with Gasteiger partial charge in [0.15, 0.2) is 5.78 Å². The number of carbonyl (C=O) groups excluding carboxylic acids is 2. The minimum atomic E-state index is -0.177. The van der Waals surface area contributed by atoms with Crippen LogP contribution in [0.5, 0.6) is 5.75 Å². The van der Waals surface area contributed by atoms with Crippen molar-refractivity contribution in [1.29, 1.82) is 0 Å². The number of amides is 1. The van der Waals surface area contributed by atoms with Crippen LogP contribution in [0.15, 0.2) is 65.7 Å². The zero-order valence-electron chi connectivity index (χ0n) is 15.5. The van der Waals surface area contributed by atoms with E-state index in [1.807, 2.05) is 36.4 Å². The third-order valence-corrected chi connectivity index (χ3v) is 4.83.